The van der Waals surface area contributed by atoms with E-state index in [1.165, 1.54) is 21.1 Å². The summed E-state index contributed by atoms with van der Waals surface area (Å²) in [5, 5.41) is 7.62. The van der Waals surface area contributed by atoms with Gasteiger partial charge in [0, 0.05) is 24.7 Å². The molecule has 0 aliphatic heterocycles. The van der Waals surface area contributed by atoms with Crippen molar-refractivity contribution in [1.29, 1.82) is 0 Å². The van der Waals surface area contributed by atoms with Gasteiger partial charge in [0.25, 0.3) is 11.8 Å². The van der Waals surface area contributed by atoms with Crippen molar-refractivity contribution >= 4 is 23.4 Å². The maximum atomic E-state index is 12.5. The lowest BCUT2D eigenvalue weighted by atomic mass is 10.2. The van der Waals surface area contributed by atoms with Gasteiger partial charge in [-0.25, -0.2) is 0 Å². The van der Waals surface area contributed by atoms with Crippen molar-refractivity contribution in [3.8, 4) is 11.5 Å². The first-order valence-corrected chi connectivity index (χ1v) is 8.56. The van der Waals surface area contributed by atoms with E-state index in [0.29, 0.717) is 17.2 Å². The number of hydrogen-bond donors (Lipinski definition) is 3. The molecule has 2 aromatic carbocycles. The summed E-state index contributed by atoms with van der Waals surface area (Å²) in [7, 11) is 3.07. The van der Waals surface area contributed by atoms with E-state index in [2.05, 4.69) is 16.0 Å². The van der Waals surface area contributed by atoms with Gasteiger partial charge >= 0.3 is 0 Å². The first-order chi connectivity index (χ1) is 13.4. The molecule has 0 fully saturated rings. The Kier molecular flexibility index (Phi) is 7.38. The third kappa shape index (κ3) is 5.73. The Morgan fingerprint density at radius 1 is 0.929 bits per heavy atom. The van der Waals surface area contributed by atoms with Crippen molar-refractivity contribution in [2.75, 3.05) is 19.5 Å². The number of rotatable bonds is 8. The summed E-state index contributed by atoms with van der Waals surface area (Å²) < 4.78 is 10.3. The van der Waals surface area contributed by atoms with Crippen molar-refractivity contribution in [3.63, 3.8) is 0 Å². The van der Waals surface area contributed by atoms with Crippen molar-refractivity contribution in [2.24, 2.45) is 0 Å². The van der Waals surface area contributed by atoms with Crippen LogP contribution in [0.4, 0.5) is 5.69 Å². The largest absolute Gasteiger partial charge is 0.497 e. The molecular weight excluding hydrogens is 362 g/mol. The van der Waals surface area contributed by atoms with Crippen LogP contribution in [-0.2, 0) is 20.9 Å². The second-order valence-corrected chi connectivity index (χ2v) is 5.88. The van der Waals surface area contributed by atoms with Crippen LogP contribution in [0, 0.1) is 0 Å². The summed E-state index contributed by atoms with van der Waals surface area (Å²) in [6.07, 6.45) is 0. The number of ether oxygens (including phenoxy) is 2. The molecule has 0 aromatic heterocycles. The Bertz CT molecular complexity index is 836. The lowest BCUT2D eigenvalue weighted by molar-refractivity contribution is -0.134. The van der Waals surface area contributed by atoms with Gasteiger partial charge in [0.05, 0.1) is 14.2 Å². The van der Waals surface area contributed by atoms with E-state index in [1.807, 2.05) is 12.1 Å². The van der Waals surface area contributed by atoms with Crippen LogP contribution in [0.2, 0.25) is 0 Å². The SMILES string of the molecule is COc1ccc(NC(=O)[C@@H](NC(C)=O)C(=O)NCc2ccccc2OC)cc1. The Balaban J connectivity index is 2.06. The Labute approximate surface area is 163 Å². The predicted molar refractivity (Wildman–Crippen MR) is 104 cm³/mol. The normalized spacial score (nSPS) is 11.1. The molecule has 0 radical (unpaired) electrons. The highest BCUT2D eigenvalue weighted by Crippen LogP contribution is 2.17. The molecule has 0 heterocycles. The number of carbonyl (C=O) groups is 3. The van der Waals surface area contributed by atoms with Gasteiger partial charge in [-0.05, 0) is 30.3 Å². The fraction of sp³-hybridized carbons (Fsp3) is 0.250. The number of nitrogens with one attached hydrogen (secondary N) is 3. The predicted octanol–water partition coefficient (Wildman–Crippen LogP) is 1.46. The number of methoxy groups -OCH3 is 2. The molecule has 1 atom stereocenters. The Hall–Kier alpha value is -3.55. The minimum Gasteiger partial charge on any atom is -0.497 e. The maximum absolute atomic E-state index is 12.5. The fourth-order valence-electron chi connectivity index (χ4n) is 2.48. The van der Waals surface area contributed by atoms with Crippen molar-refractivity contribution in [1.82, 2.24) is 10.6 Å². The van der Waals surface area contributed by atoms with E-state index in [0.717, 1.165) is 5.56 Å². The third-order valence-corrected chi connectivity index (χ3v) is 3.88. The molecule has 0 saturated carbocycles. The number of para-hydroxylation sites is 1. The molecule has 3 N–H and O–H groups in total. The minimum absolute atomic E-state index is 0.148. The van der Waals surface area contributed by atoms with Crippen molar-refractivity contribution in [3.05, 3.63) is 54.1 Å². The molecule has 0 aliphatic carbocycles. The van der Waals surface area contributed by atoms with Crippen LogP contribution < -0.4 is 25.4 Å². The van der Waals surface area contributed by atoms with Gasteiger partial charge in [-0.15, -0.1) is 0 Å². The first kappa shape index (κ1) is 20.8. The van der Waals surface area contributed by atoms with Crippen LogP contribution in [0.5, 0.6) is 11.5 Å². The third-order valence-electron chi connectivity index (χ3n) is 3.88. The molecule has 2 aromatic rings. The second kappa shape index (κ2) is 9.96. The number of benzene rings is 2. The summed E-state index contributed by atoms with van der Waals surface area (Å²) in [4.78, 5) is 36.5. The minimum atomic E-state index is -1.38. The topological polar surface area (TPSA) is 106 Å². The summed E-state index contributed by atoms with van der Waals surface area (Å²) in [5.41, 5.74) is 1.22. The van der Waals surface area contributed by atoms with Gasteiger partial charge in [-0.2, -0.15) is 0 Å². The summed E-state index contributed by atoms with van der Waals surface area (Å²) >= 11 is 0. The zero-order chi connectivity index (χ0) is 20.5. The lowest BCUT2D eigenvalue weighted by Gasteiger charge is -2.18. The lowest BCUT2D eigenvalue weighted by Crippen LogP contribution is -2.52. The average Bonchev–Trinajstić information content (AvgIpc) is 2.70. The van der Waals surface area contributed by atoms with E-state index in [-0.39, 0.29) is 6.54 Å². The van der Waals surface area contributed by atoms with E-state index >= 15 is 0 Å². The van der Waals surface area contributed by atoms with Gasteiger partial charge < -0.3 is 25.4 Å². The second-order valence-electron chi connectivity index (χ2n) is 5.88. The quantitative estimate of drug-likeness (QED) is 0.597. The molecule has 0 saturated heterocycles. The van der Waals surface area contributed by atoms with Gasteiger partial charge in [-0.3, -0.25) is 14.4 Å². The first-order valence-electron chi connectivity index (χ1n) is 8.56. The zero-order valence-electron chi connectivity index (χ0n) is 15.9. The molecule has 0 spiro atoms. The molecule has 2 rings (SSSR count). The molecule has 0 bridgehead atoms. The molecule has 8 nitrogen and oxygen atoms in total. The summed E-state index contributed by atoms with van der Waals surface area (Å²) in [5.74, 6) is -0.542. The number of amides is 3. The Morgan fingerprint density at radius 2 is 1.61 bits per heavy atom. The maximum Gasteiger partial charge on any atom is 0.256 e. The highest BCUT2D eigenvalue weighted by Gasteiger charge is 2.27. The fourth-order valence-corrected chi connectivity index (χ4v) is 2.48. The molecule has 28 heavy (non-hydrogen) atoms. The van der Waals surface area contributed by atoms with E-state index in [4.69, 9.17) is 9.47 Å². The standard InChI is InChI=1S/C20H23N3O5/c1-13(24)22-18(20(26)23-15-8-10-16(27-2)11-9-15)19(25)21-12-14-6-4-5-7-17(14)28-3/h4-11,18H,12H2,1-3H3,(H,21,25)(H,22,24)(H,23,26)/t18-/m0/s1. The van der Waals surface area contributed by atoms with Crippen LogP contribution in [0.25, 0.3) is 0 Å². The van der Waals surface area contributed by atoms with Crippen LogP contribution in [0.1, 0.15) is 12.5 Å². The van der Waals surface area contributed by atoms with Gasteiger partial charge in [0.2, 0.25) is 5.91 Å². The number of anilines is 1. The average molecular weight is 385 g/mol. The summed E-state index contributed by atoms with van der Waals surface area (Å²) in [6.45, 7) is 1.38. The zero-order valence-corrected chi connectivity index (χ0v) is 15.9. The van der Waals surface area contributed by atoms with Gasteiger partial charge in [0.1, 0.15) is 11.5 Å². The number of hydrogen-bond acceptors (Lipinski definition) is 5. The van der Waals surface area contributed by atoms with Crippen LogP contribution in [0.15, 0.2) is 48.5 Å². The molecule has 0 aliphatic rings. The van der Waals surface area contributed by atoms with Crippen molar-refractivity contribution < 1.29 is 23.9 Å². The highest BCUT2D eigenvalue weighted by atomic mass is 16.5. The van der Waals surface area contributed by atoms with Gasteiger partial charge in [-0.1, -0.05) is 18.2 Å². The monoisotopic (exact) mass is 385 g/mol. The Morgan fingerprint density at radius 3 is 2.21 bits per heavy atom. The molecular formula is C20H23N3O5. The van der Waals surface area contributed by atoms with E-state index < -0.39 is 23.8 Å². The number of carbonyl (C=O) groups excluding carboxylic acids is 3. The van der Waals surface area contributed by atoms with Crippen LogP contribution >= 0.6 is 0 Å². The summed E-state index contributed by atoms with van der Waals surface area (Å²) in [6, 6.07) is 12.4. The van der Waals surface area contributed by atoms with Crippen molar-refractivity contribution in [2.45, 2.75) is 19.5 Å². The smallest absolute Gasteiger partial charge is 0.256 e. The molecule has 148 valence electrons. The van der Waals surface area contributed by atoms with E-state index in [9.17, 15) is 14.4 Å². The molecule has 0 unspecified atom stereocenters. The molecule has 8 heteroatoms. The van der Waals surface area contributed by atoms with Crippen LogP contribution in [0.3, 0.4) is 0 Å². The molecule has 3 amide bonds. The highest BCUT2D eigenvalue weighted by molar-refractivity contribution is 6.11. The van der Waals surface area contributed by atoms with Gasteiger partial charge in [0.15, 0.2) is 6.04 Å². The van der Waals surface area contributed by atoms with E-state index in [1.54, 1.807) is 36.4 Å². The van der Waals surface area contributed by atoms with Crippen LogP contribution in [-0.4, -0.2) is 38.0 Å².